The Morgan fingerprint density at radius 1 is 1.33 bits per heavy atom. The number of hydrogen-bond acceptors (Lipinski definition) is 3. The number of rotatable bonds is 5. The number of carbonyl (C=O) groups is 2. The lowest BCUT2D eigenvalue weighted by molar-refractivity contribution is -0.143. The fraction of sp³-hybridized carbons (Fsp3) is 0.529. The predicted molar refractivity (Wildman–Crippen MR) is 84.5 cm³/mol. The van der Waals surface area contributed by atoms with E-state index in [9.17, 15) is 18.4 Å². The van der Waals surface area contributed by atoms with Crippen LogP contribution in [-0.2, 0) is 9.53 Å². The standard InChI is InChI=1S/C17H22F2N2O3/c1-11-10-24-12(2)9-21(11)16(22)4-3-7-20-17(23)14-6-5-13(18)8-15(14)19/h5-6,8,11-12H,3-4,7,9-10H2,1-2H3,(H,20,23). The maximum atomic E-state index is 13.5. The molecule has 1 heterocycles. The number of nitrogens with one attached hydrogen (secondary N) is 1. The molecular weight excluding hydrogens is 318 g/mol. The van der Waals surface area contributed by atoms with E-state index in [-0.39, 0.29) is 30.2 Å². The quantitative estimate of drug-likeness (QED) is 0.835. The van der Waals surface area contributed by atoms with Gasteiger partial charge in [0.05, 0.1) is 24.3 Å². The summed E-state index contributed by atoms with van der Waals surface area (Å²) in [4.78, 5) is 25.8. The number of amides is 2. The van der Waals surface area contributed by atoms with Crippen LogP contribution < -0.4 is 5.32 Å². The maximum absolute atomic E-state index is 13.5. The lowest BCUT2D eigenvalue weighted by atomic mass is 10.1. The molecule has 1 fully saturated rings. The normalized spacial score (nSPS) is 20.8. The van der Waals surface area contributed by atoms with Crippen LogP contribution in [0, 0.1) is 11.6 Å². The summed E-state index contributed by atoms with van der Waals surface area (Å²) in [6.45, 7) is 5.18. The van der Waals surface area contributed by atoms with Crippen molar-refractivity contribution in [1.82, 2.24) is 10.2 Å². The largest absolute Gasteiger partial charge is 0.375 e. The van der Waals surface area contributed by atoms with E-state index in [1.54, 1.807) is 4.90 Å². The van der Waals surface area contributed by atoms with Crippen molar-refractivity contribution in [3.8, 4) is 0 Å². The first kappa shape index (κ1) is 18.3. The highest BCUT2D eigenvalue weighted by Crippen LogP contribution is 2.13. The number of nitrogens with zero attached hydrogens (tertiary/aromatic N) is 1. The van der Waals surface area contributed by atoms with Gasteiger partial charge < -0.3 is 15.0 Å². The number of carbonyl (C=O) groups excluding carboxylic acids is 2. The molecule has 132 valence electrons. The Bertz CT molecular complexity index is 609. The summed E-state index contributed by atoms with van der Waals surface area (Å²) in [7, 11) is 0. The molecule has 2 amide bonds. The fourth-order valence-corrected chi connectivity index (χ4v) is 2.60. The van der Waals surface area contributed by atoms with Crippen LogP contribution in [0.15, 0.2) is 18.2 Å². The SMILES string of the molecule is CC1CN(C(=O)CCCNC(=O)c2ccc(F)cc2F)C(C)CO1. The third-order valence-corrected chi connectivity index (χ3v) is 3.96. The van der Waals surface area contributed by atoms with Crippen molar-refractivity contribution in [3.63, 3.8) is 0 Å². The summed E-state index contributed by atoms with van der Waals surface area (Å²) in [5, 5.41) is 2.54. The Balaban J connectivity index is 1.76. The summed E-state index contributed by atoms with van der Waals surface area (Å²) in [6.07, 6.45) is 0.765. The van der Waals surface area contributed by atoms with Crippen LogP contribution in [0.2, 0.25) is 0 Å². The van der Waals surface area contributed by atoms with Gasteiger partial charge in [0.1, 0.15) is 11.6 Å². The van der Waals surface area contributed by atoms with E-state index in [1.807, 2.05) is 13.8 Å². The summed E-state index contributed by atoms with van der Waals surface area (Å²) >= 11 is 0. The van der Waals surface area contributed by atoms with E-state index in [2.05, 4.69) is 5.32 Å². The van der Waals surface area contributed by atoms with E-state index in [0.717, 1.165) is 12.1 Å². The minimum Gasteiger partial charge on any atom is -0.375 e. The third-order valence-electron chi connectivity index (χ3n) is 3.96. The molecule has 0 aromatic heterocycles. The Hall–Kier alpha value is -2.02. The average molecular weight is 340 g/mol. The molecule has 7 heteroatoms. The topological polar surface area (TPSA) is 58.6 Å². The third kappa shape index (κ3) is 4.74. The summed E-state index contributed by atoms with van der Waals surface area (Å²) < 4.78 is 31.8. The minimum atomic E-state index is -0.903. The first-order chi connectivity index (χ1) is 11.4. The lowest BCUT2D eigenvalue weighted by Gasteiger charge is -2.36. The summed E-state index contributed by atoms with van der Waals surface area (Å²) in [5.41, 5.74) is -0.210. The number of hydrogen-bond donors (Lipinski definition) is 1. The number of ether oxygens (including phenoxy) is 1. The van der Waals surface area contributed by atoms with Gasteiger partial charge in [-0.25, -0.2) is 8.78 Å². The molecule has 2 unspecified atom stereocenters. The molecule has 1 aliphatic heterocycles. The molecule has 0 bridgehead atoms. The van der Waals surface area contributed by atoms with Crippen LogP contribution in [0.25, 0.3) is 0 Å². The van der Waals surface area contributed by atoms with Crippen LogP contribution in [0.5, 0.6) is 0 Å². The molecular formula is C17H22F2N2O3. The van der Waals surface area contributed by atoms with E-state index in [4.69, 9.17) is 4.74 Å². The predicted octanol–water partition coefficient (Wildman–Crippen LogP) is 2.11. The van der Waals surface area contributed by atoms with Crippen molar-refractivity contribution in [2.75, 3.05) is 19.7 Å². The van der Waals surface area contributed by atoms with E-state index in [0.29, 0.717) is 32.1 Å². The van der Waals surface area contributed by atoms with Gasteiger partial charge in [0.15, 0.2) is 0 Å². The van der Waals surface area contributed by atoms with Crippen LogP contribution in [0.1, 0.15) is 37.0 Å². The van der Waals surface area contributed by atoms with Gasteiger partial charge in [-0.2, -0.15) is 0 Å². The van der Waals surface area contributed by atoms with Gasteiger partial charge in [-0.3, -0.25) is 9.59 Å². The van der Waals surface area contributed by atoms with Crippen molar-refractivity contribution in [3.05, 3.63) is 35.4 Å². The molecule has 2 atom stereocenters. The second-order valence-electron chi connectivity index (χ2n) is 6.02. The van der Waals surface area contributed by atoms with Gasteiger partial charge in [-0.1, -0.05) is 0 Å². The number of morpholine rings is 1. The summed E-state index contributed by atoms with van der Waals surface area (Å²) in [6, 6.07) is 2.83. The zero-order chi connectivity index (χ0) is 17.7. The van der Waals surface area contributed by atoms with Crippen molar-refractivity contribution in [1.29, 1.82) is 0 Å². The second kappa shape index (κ2) is 8.19. The molecule has 1 saturated heterocycles. The number of halogens is 2. The zero-order valence-electron chi connectivity index (χ0n) is 13.9. The molecule has 1 aliphatic rings. The molecule has 0 radical (unpaired) electrons. The van der Waals surface area contributed by atoms with Gasteiger partial charge in [-0.15, -0.1) is 0 Å². The first-order valence-electron chi connectivity index (χ1n) is 8.02. The number of benzene rings is 1. The highest BCUT2D eigenvalue weighted by Gasteiger charge is 2.26. The van der Waals surface area contributed by atoms with Crippen molar-refractivity contribution >= 4 is 11.8 Å². The first-order valence-corrected chi connectivity index (χ1v) is 8.02. The van der Waals surface area contributed by atoms with Gasteiger partial charge in [0.2, 0.25) is 5.91 Å². The highest BCUT2D eigenvalue weighted by atomic mass is 19.1. The molecule has 0 aliphatic carbocycles. The van der Waals surface area contributed by atoms with E-state index >= 15 is 0 Å². The molecule has 1 aromatic rings. The lowest BCUT2D eigenvalue weighted by Crippen LogP contribution is -2.50. The minimum absolute atomic E-state index is 0.0138. The Kier molecular flexibility index (Phi) is 6.25. The van der Waals surface area contributed by atoms with Crippen LogP contribution >= 0.6 is 0 Å². The molecule has 5 nitrogen and oxygen atoms in total. The van der Waals surface area contributed by atoms with E-state index < -0.39 is 17.5 Å². The van der Waals surface area contributed by atoms with Crippen molar-refractivity contribution in [2.24, 2.45) is 0 Å². The average Bonchev–Trinajstić information content (AvgIpc) is 2.53. The summed E-state index contributed by atoms with van der Waals surface area (Å²) in [5.74, 6) is -2.24. The van der Waals surface area contributed by atoms with Crippen molar-refractivity contribution in [2.45, 2.75) is 38.8 Å². The molecule has 0 saturated carbocycles. The fourth-order valence-electron chi connectivity index (χ4n) is 2.60. The van der Waals surface area contributed by atoms with Crippen molar-refractivity contribution < 1.29 is 23.1 Å². The zero-order valence-corrected chi connectivity index (χ0v) is 13.9. The Labute approximate surface area is 140 Å². The molecule has 0 spiro atoms. The Morgan fingerprint density at radius 3 is 2.79 bits per heavy atom. The van der Waals surface area contributed by atoms with Gasteiger partial charge in [0.25, 0.3) is 5.91 Å². The van der Waals surface area contributed by atoms with Crippen LogP contribution in [0.3, 0.4) is 0 Å². The highest BCUT2D eigenvalue weighted by molar-refractivity contribution is 5.94. The second-order valence-corrected chi connectivity index (χ2v) is 6.02. The maximum Gasteiger partial charge on any atom is 0.254 e. The van der Waals surface area contributed by atoms with Gasteiger partial charge >= 0.3 is 0 Å². The van der Waals surface area contributed by atoms with Gasteiger partial charge in [-0.05, 0) is 32.4 Å². The molecule has 1 aromatic carbocycles. The monoisotopic (exact) mass is 340 g/mol. The van der Waals surface area contributed by atoms with Crippen LogP contribution in [-0.4, -0.2) is 48.6 Å². The van der Waals surface area contributed by atoms with Crippen LogP contribution in [0.4, 0.5) is 8.78 Å². The Morgan fingerprint density at radius 2 is 2.08 bits per heavy atom. The van der Waals surface area contributed by atoms with E-state index in [1.165, 1.54) is 0 Å². The molecule has 24 heavy (non-hydrogen) atoms. The molecule has 1 N–H and O–H groups in total. The smallest absolute Gasteiger partial charge is 0.254 e. The van der Waals surface area contributed by atoms with Gasteiger partial charge in [0, 0.05) is 25.6 Å². The molecule has 2 rings (SSSR count).